The summed E-state index contributed by atoms with van der Waals surface area (Å²) in [4.78, 5) is 25.3. The van der Waals surface area contributed by atoms with Gasteiger partial charge in [0.2, 0.25) is 0 Å². The van der Waals surface area contributed by atoms with E-state index in [9.17, 15) is 14.0 Å². The number of amides is 2. The first-order valence-corrected chi connectivity index (χ1v) is 8.44. The van der Waals surface area contributed by atoms with E-state index in [1.807, 2.05) is 0 Å². The molecule has 1 aromatic heterocycles. The van der Waals surface area contributed by atoms with Gasteiger partial charge in [-0.25, -0.2) is 4.39 Å². The van der Waals surface area contributed by atoms with E-state index < -0.39 is 11.7 Å². The van der Waals surface area contributed by atoms with E-state index in [0.29, 0.717) is 10.6 Å². The van der Waals surface area contributed by atoms with Crippen LogP contribution in [0.4, 0.5) is 15.8 Å². The highest BCUT2D eigenvalue weighted by molar-refractivity contribution is 7.12. The predicted octanol–water partition coefficient (Wildman–Crippen LogP) is 4.70. The van der Waals surface area contributed by atoms with Crippen molar-refractivity contribution in [2.24, 2.45) is 0 Å². The molecule has 0 saturated heterocycles. The second-order valence-corrected chi connectivity index (χ2v) is 6.36. The molecule has 0 fully saturated rings. The van der Waals surface area contributed by atoms with E-state index in [1.54, 1.807) is 54.8 Å². The first kappa shape index (κ1) is 16.9. The number of thiophene rings is 1. The summed E-state index contributed by atoms with van der Waals surface area (Å²) in [7, 11) is 0. The van der Waals surface area contributed by atoms with Crippen molar-refractivity contribution in [3.05, 3.63) is 81.8 Å². The minimum atomic E-state index is -0.506. The standard InChI is InChI=1S/C19H15FN2O2S/c1-12-8-9-16(14(20)11-12)22-18(23)13-5-2-3-6-15(13)21-19(24)17-7-4-10-25-17/h2-11H,1H3,(H,21,24)(H,22,23). The van der Waals surface area contributed by atoms with Crippen LogP contribution < -0.4 is 10.6 Å². The van der Waals surface area contributed by atoms with Crippen LogP contribution in [0.3, 0.4) is 0 Å². The van der Waals surface area contributed by atoms with Crippen molar-refractivity contribution in [3.63, 3.8) is 0 Å². The van der Waals surface area contributed by atoms with Crippen molar-refractivity contribution >= 4 is 34.5 Å². The summed E-state index contributed by atoms with van der Waals surface area (Å²) < 4.78 is 13.9. The molecule has 25 heavy (non-hydrogen) atoms. The number of nitrogens with one attached hydrogen (secondary N) is 2. The van der Waals surface area contributed by atoms with Gasteiger partial charge in [-0.15, -0.1) is 11.3 Å². The van der Waals surface area contributed by atoms with Gasteiger partial charge in [0.25, 0.3) is 11.8 Å². The van der Waals surface area contributed by atoms with Gasteiger partial charge in [0.05, 0.1) is 21.8 Å². The molecule has 3 aromatic rings. The molecule has 0 unspecified atom stereocenters. The van der Waals surface area contributed by atoms with Crippen LogP contribution in [0.5, 0.6) is 0 Å². The van der Waals surface area contributed by atoms with E-state index in [2.05, 4.69) is 10.6 Å². The van der Waals surface area contributed by atoms with Crippen LogP contribution in [0.25, 0.3) is 0 Å². The summed E-state index contributed by atoms with van der Waals surface area (Å²) in [6.45, 7) is 1.77. The summed E-state index contributed by atoms with van der Waals surface area (Å²) in [5, 5.41) is 7.06. The number of carbonyl (C=O) groups excluding carboxylic acids is 2. The maximum absolute atomic E-state index is 13.9. The number of halogens is 1. The van der Waals surface area contributed by atoms with Gasteiger partial charge in [-0.05, 0) is 48.2 Å². The van der Waals surface area contributed by atoms with Gasteiger partial charge in [0, 0.05) is 0 Å². The Morgan fingerprint density at radius 2 is 1.68 bits per heavy atom. The van der Waals surface area contributed by atoms with Crippen molar-refractivity contribution in [3.8, 4) is 0 Å². The second-order valence-electron chi connectivity index (χ2n) is 5.41. The van der Waals surface area contributed by atoms with Crippen LogP contribution in [0.1, 0.15) is 25.6 Å². The van der Waals surface area contributed by atoms with Gasteiger partial charge in [-0.1, -0.05) is 24.3 Å². The number of anilines is 2. The first-order valence-electron chi connectivity index (χ1n) is 7.56. The molecule has 6 heteroatoms. The molecule has 1 heterocycles. The number of hydrogen-bond acceptors (Lipinski definition) is 3. The highest BCUT2D eigenvalue weighted by Gasteiger charge is 2.16. The fourth-order valence-corrected chi connectivity index (χ4v) is 2.91. The normalized spacial score (nSPS) is 10.3. The molecule has 0 atom stereocenters. The molecule has 0 bridgehead atoms. The Hall–Kier alpha value is -2.99. The lowest BCUT2D eigenvalue weighted by Crippen LogP contribution is -2.18. The van der Waals surface area contributed by atoms with E-state index in [0.717, 1.165) is 5.56 Å². The zero-order valence-corrected chi connectivity index (χ0v) is 14.2. The number of para-hydroxylation sites is 1. The summed E-state index contributed by atoms with van der Waals surface area (Å²) >= 11 is 1.31. The van der Waals surface area contributed by atoms with Gasteiger partial charge in [0.15, 0.2) is 0 Å². The monoisotopic (exact) mass is 354 g/mol. The van der Waals surface area contributed by atoms with Crippen LogP contribution in [-0.4, -0.2) is 11.8 Å². The highest BCUT2D eigenvalue weighted by Crippen LogP contribution is 2.21. The lowest BCUT2D eigenvalue weighted by molar-refractivity contribution is 0.102. The number of hydrogen-bond donors (Lipinski definition) is 2. The van der Waals surface area contributed by atoms with Gasteiger partial charge in [0.1, 0.15) is 5.82 Å². The third-order valence-corrected chi connectivity index (χ3v) is 4.41. The summed E-state index contributed by atoms with van der Waals surface area (Å²) in [5.41, 5.74) is 1.48. The topological polar surface area (TPSA) is 58.2 Å². The lowest BCUT2D eigenvalue weighted by Gasteiger charge is -2.11. The average molecular weight is 354 g/mol. The Morgan fingerprint density at radius 1 is 0.920 bits per heavy atom. The molecule has 0 aliphatic rings. The predicted molar refractivity (Wildman–Crippen MR) is 97.8 cm³/mol. The molecule has 2 N–H and O–H groups in total. The van der Waals surface area contributed by atoms with Crippen LogP contribution >= 0.6 is 11.3 Å². The number of rotatable bonds is 4. The Labute approximate surface area is 148 Å². The number of aryl methyl sites for hydroxylation is 1. The Balaban J connectivity index is 1.82. The second kappa shape index (κ2) is 7.27. The summed E-state index contributed by atoms with van der Waals surface area (Å²) in [6, 6.07) is 14.6. The SMILES string of the molecule is Cc1ccc(NC(=O)c2ccccc2NC(=O)c2cccs2)c(F)c1. The third-order valence-electron chi connectivity index (χ3n) is 3.54. The molecule has 0 spiro atoms. The molecular weight excluding hydrogens is 339 g/mol. The molecule has 3 rings (SSSR count). The van der Waals surface area contributed by atoms with Crippen LogP contribution in [0, 0.1) is 12.7 Å². The van der Waals surface area contributed by atoms with E-state index >= 15 is 0 Å². The minimum Gasteiger partial charge on any atom is -0.321 e. The minimum absolute atomic E-state index is 0.0926. The fraction of sp³-hybridized carbons (Fsp3) is 0.0526. The Bertz CT molecular complexity index is 923. The van der Waals surface area contributed by atoms with Gasteiger partial charge in [-0.3, -0.25) is 9.59 Å². The van der Waals surface area contributed by atoms with Crippen LogP contribution in [-0.2, 0) is 0 Å². The first-order chi connectivity index (χ1) is 12.0. The van der Waals surface area contributed by atoms with Gasteiger partial charge < -0.3 is 10.6 Å². The zero-order valence-electron chi connectivity index (χ0n) is 13.4. The van der Waals surface area contributed by atoms with Crippen LogP contribution in [0.2, 0.25) is 0 Å². The number of benzene rings is 2. The van der Waals surface area contributed by atoms with Crippen molar-refractivity contribution in [2.45, 2.75) is 6.92 Å². The molecule has 2 amide bonds. The fourth-order valence-electron chi connectivity index (χ4n) is 2.29. The molecule has 0 saturated carbocycles. The van der Waals surface area contributed by atoms with E-state index in [-0.39, 0.29) is 17.2 Å². The Morgan fingerprint density at radius 3 is 2.40 bits per heavy atom. The lowest BCUT2D eigenvalue weighted by atomic mass is 10.1. The summed E-state index contributed by atoms with van der Waals surface area (Å²) in [5.74, 6) is -1.30. The quantitative estimate of drug-likeness (QED) is 0.713. The van der Waals surface area contributed by atoms with Crippen molar-refractivity contribution in [2.75, 3.05) is 10.6 Å². The van der Waals surface area contributed by atoms with E-state index in [1.165, 1.54) is 23.5 Å². The van der Waals surface area contributed by atoms with Crippen molar-refractivity contribution in [1.29, 1.82) is 0 Å². The number of carbonyl (C=O) groups is 2. The molecule has 0 radical (unpaired) electrons. The van der Waals surface area contributed by atoms with Crippen molar-refractivity contribution in [1.82, 2.24) is 0 Å². The van der Waals surface area contributed by atoms with Crippen LogP contribution in [0.15, 0.2) is 60.0 Å². The van der Waals surface area contributed by atoms with Gasteiger partial charge in [-0.2, -0.15) is 0 Å². The molecule has 2 aromatic carbocycles. The average Bonchev–Trinajstić information content (AvgIpc) is 3.12. The molecule has 0 aliphatic carbocycles. The Kier molecular flexibility index (Phi) is 4.90. The third kappa shape index (κ3) is 3.92. The smallest absolute Gasteiger partial charge is 0.265 e. The molecule has 126 valence electrons. The van der Waals surface area contributed by atoms with E-state index in [4.69, 9.17) is 0 Å². The molecular formula is C19H15FN2O2S. The van der Waals surface area contributed by atoms with Crippen molar-refractivity contribution < 1.29 is 14.0 Å². The van der Waals surface area contributed by atoms with Gasteiger partial charge >= 0.3 is 0 Å². The molecule has 0 aliphatic heterocycles. The maximum atomic E-state index is 13.9. The molecule has 4 nitrogen and oxygen atoms in total. The summed E-state index contributed by atoms with van der Waals surface area (Å²) in [6.07, 6.45) is 0. The maximum Gasteiger partial charge on any atom is 0.265 e. The largest absolute Gasteiger partial charge is 0.321 e. The highest BCUT2D eigenvalue weighted by atomic mass is 32.1. The zero-order chi connectivity index (χ0) is 17.8.